The number of nitrogens with zero attached hydrogens (tertiary/aromatic N) is 2. The Bertz CT molecular complexity index is 1160. The number of imide groups is 1. The zero-order chi connectivity index (χ0) is 23.7. The zero-order valence-corrected chi connectivity index (χ0v) is 19.1. The lowest BCUT2D eigenvalue weighted by atomic mass is 9.90. The van der Waals surface area contributed by atoms with Gasteiger partial charge in [-0.05, 0) is 67.9 Å². The number of anilines is 2. The summed E-state index contributed by atoms with van der Waals surface area (Å²) in [6.07, 6.45) is -0.907. The van der Waals surface area contributed by atoms with Crippen molar-refractivity contribution in [2.45, 2.75) is 26.0 Å². The van der Waals surface area contributed by atoms with Gasteiger partial charge in [0.2, 0.25) is 5.91 Å². The van der Waals surface area contributed by atoms with Crippen molar-refractivity contribution < 1.29 is 23.9 Å². The SMILES string of the molecule is CCOc1ccc([C@H]2[C@H]3C(=O)N(c4ccc(OCC)cc4)C(=O)[C@H]3ON2c2ccccc2)cc1. The van der Waals surface area contributed by atoms with E-state index in [-0.39, 0.29) is 11.8 Å². The van der Waals surface area contributed by atoms with Crippen molar-refractivity contribution >= 4 is 23.2 Å². The summed E-state index contributed by atoms with van der Waals surface area (Å²) < 4.78 is 11.1. The number of ether oxygens (including phenoxy) is 2. The Kier molecular flexibility index (Phi) is 5.94. The lowest BCUT2D eigenvalue weighted by Crippen LogP contribution is -2.37. The highest BCUT2D eigenvalue weighted by atomic mass is 16.7. The standard InChI is InChI=1S/C27H26N2O5/c1-3-32-21-14-10-18(11-15-21)24-23-25(34-29(24)20-8-6-5-7-9-20)27(31)28(26(23)30)19-12-16-22(17-13-19)33-4-2/h5-17,23-25H,3-4H2,1-2H3/t23-,24+,25+/m1/s1. The minimum atomic E-state index is -0.907. The minimum Gasteiger partial charge on any atom is -0.494 e. The number of fused-ring (bicyclic) bond motifs is 1. The third-order valence-corrected chi connectivity index (χ3v) is 6.06. The van der Waals surface area contributed by atoms with Crippen LogP contribution in [0.15, 0.2) is 78.9 Å². The van der Waals surface area contributed by atoms with Crippen LogP contribution in [0.1, 0.15) is 25.5 Å². The van der Waals surface area contributed by atoms with E-state index in [0.29, 0.717) is 24.7 Å². The van der Waals surface area contributed by atoms with Crippen molar-refractivity contribution in [1.82, 2.24) is 0 Å². The molecule has 34 heavy (non-hydrogen) atoms. The van der Waals surface area contributed by atoms with E-state index in [0.717, 1.165) is 17.0 Å². The Hall–Kier alpha value is -3.84. The molecule has 0 unspecified atom stereocenters. The quantitative estimate of drug-likeness (QED) is 0.485. The molecule has 174 valence electrons. The molecule has 0 aliphatic carbocycles. The highest BCUT2D eigenvalue weighted by molar-refractivity contribution is 6.23. The van der Waals surface area contributed by atoms with Gasteiger partial charge in [0.05, 0.1) is 30.6 Å². The summed E-state index contributed by atoms with van der Waals surface area (Å²) in [6, 6.07) is 23.6. The summed E-state index contributed by atoms with van der Waals surface area (Å²) in [6.45, 7) is 4.94. The number of rotatable bonds is 7. The molecule has 0 saturated carbocycles. The lowest BCUT2D eigenvalue weighted by Gasteiger charge is -2.28. The van der Waals surface area contributed by atoms with Gasteiger partial charge in [0.25, 0.3) is 5.91 Å². The number of para-hydroxylation sites is 1. The molecule has 3 aromatic carbocycles. The van der Waals surface area contributed by atoms with Crippen LogP contribution < -0.4 is 19.4 Å². The molecule has 2 amide bonds. The first kappa shape index (κ1) is 22.0. The first-order chi connectivity index (χ1) is 16.6. The average Bonchev–Trinajstić information content (AvgIpc) is 3.37. The molecule has 0 N–H and O–H groups in total. The van der Waals surface area contributed by atoms with Gasteiger partial charge in [-0.1, -0.05) is 30.3 Å². The van der Waals surface area contributed by atoms with Crippen molar-refractivity contribution in [3.05, 3.63) is 84.4 Å². The molecule has 0 spiro atoms. The monoisotopic (exact) mass is 458 g/mol. The van der Waals surface area contributed by atoms with Gasteiger partial charge in [-0.25, -0.2) is 9.96 Å². The molecular weight excluding hydrogens is 432 g/mol. The van der Waals surface area contributed by atoms with Gasteiger partial charge < -0.3 is 9.47 Å². The predicted molar refractivity (Wildman–Crippen MR) is 128 cm³/mol. The second-order valence-corrected chi connectivity index (χ2v) is 8.10. The molecule has 0 aromatic heterocycles. The Balaban J connectivity index is 1.51. The number of amides is 2. The fourth-order valence-corrected chi connectivity index (χ4v) is 4.59. The van der Waals surface area contributed by atoms with E-state index >= 15 is 0 Å². The fraction of sp³-hybridized carbons (Fsp3) is 0.259. The van der Waals surface area contributed by atoms with Gasteiger partial charge in [0.1, 0.15) is 17.4 Å². The first-order valence-electron chi connectivity index (χ1n) is 11.5. The summed E-state index contributed by atoms with van der Waals surface area (Å²) in [7, 11) is 0. The number of carbonyl (C=O) groups excluding carboxylic acids is 2. The van der Waals surface area contributed by atoms with Gasteiger partial charge in [-0.2, -0.15) is 0 Å². The third kappa shape index (κ3) is 3.78. The maximum Gasteiger partial charge on any atom is 0.266 e. The molecule has 7 nitrogen and oxygen atoms in total. The molecule has 2 saturated heterocycles. The Morgan fingerprint density at radius 2 is 1.32 bits per heavy atom. The van der Waals surface area contributed by atoms with Crippen molar-refractivity contribution in [1.29, 1.82) is 0 Å². The van der Waals surface area contributed by atoms with Crippen molar-refractivity contribution in [2.24, 2.45) is 5.92 Å². The Morgan fingerprint density at radius 3 is 1.91 bits per heavy atom. The highest BCUT2D eigenvalue weighted by Gasteiger charge is 2.60. The zero-order valence-electron chi connectivity index (χ0n) is 19.1. The largest absolute Gasteiger partial charge is 0.494 e. The average molecular weight is 459 g/mol. The molecule has 3 aromatic rings. The van der Waals surface area contributed by atoms with Crippen LogP contribution in [0.3, 0.4) is 0 Å². The normalized spacial score (nSPS) is 21.6. The number of benzene rings is 3. The van der Waals surface area contributed by atoms with Gasteiger partial charge in [-0.15, -0.1) is 0 Å². The van der Waals surface area contributed by atoms with Gasteiger partial charge in [0, 0.05) is 0 Å². The summed E-state index contributed by atoms with van der Waals surface area (Å²) in [5.41, 5.74) is 2.16. The van der Waals surface area contributed by atoms with E-state index in [1.165, 1.54) is 4.90 Å². The third-order valence-electron chi connectivity index (χ3n) is 6.06. The fourth-order valence-electron chi connectivity index (χ4n) is 4.59. The molecule has 2 fully saturated rings. The van der Waals surface area contributed by atoms with Gasteiger partial charge in [0.15, 0.2) is 6.10 Å². The van der Waals surface area contributed by atoms with Crippen LogP contribution in [0.2, 0.25) is 0 Å². The molecule has 7 heteroatoms. The van der Waals surface area contributed by atoms with Crippen LogP contribution in [0.5, 0.6) is 11.5 Å². The molecule has 3 atom stereocenters. The Morgan fingerprint density at radius 1 is 0.735 bits per heavy atom. The van der Waals surface area contributed by atoms with E-state index in [1.54, 1.807) is 29.3 Å². The molecule has 5 rings (SSSR count). The van der Waals surface area contributed by atoms with Crippen molar-refractivity contribution in [3.63, 3.8) is 0 Å². The van der Waals surface area contributed by atoms with E-state index in [4.69, 9.17) is 14.3 Å². The van der Waals surface area contributed by atoms with Crippen LogP contribution in [0.25, 0.3) is 0 Å². The van der Waals surface area contributed by atoms with E-state index in [1.807, 2.05) is 68.4 Å². The van der Waals surface area contributed by atoms with Gasteiger partial charge >= 0.3 is 0 Å². The second kappa shape index (κ2) is 9.19. The summed E-state index contributed by atoms with van der Waals surface area (Å²) in [5, 5.41) is 1.69. The van der Waals surface area contributed by atoms with E-state index in [9.17, 15) is 9.59 Å². The first-order valence-corrected chi connectivity index (χ1v) is 11.5. The summed E-state index contributed by atoms with van der Waals surface area (Å²) >= 11 is 0. The van der Waals surface area contributed by atoms with Crippen LogP contribution >= 0.6 is 0 Å². The lowest BCUT2D eigenvalue weighted by molar-refractivity contribution is -0.126. The molecule has 2 heterocycles. The van der Waals surface area contributed by atoms with Gasteiger partial charge in [-0.3, -0.25) is 14.4 Å². The van der Waals surface area contributed by atoms with Crippen LogP contribution in [-0.4, -0.2) is 31.1 Å². The van der Waals surface area contributed by atoms with Crippen molar-refractivity contribution in [2.75, 3.05) is 23.2 Å². The molecule has 2 aliphatic rings. The highest BCUT2D eigenvalue weighted by Crippen LogP contribution is 2.47. The van der Waals surface area contributed by atoms with Crippen LogP contribution in [-0.2, 0) is 14.4 Å². The number of hydroxylamine groups is 1. The molecule has 0 radical (unpaired) electrons. The van der Waals surface area contributed by atoms with E-state index in [2.05, 4.69) is 0 Å². The molecule has 0 bridgehead atoms. The number of carbonyl (C=O) groups is 2. The molecular formula is C27H26N2O5. The minimum absolute atomic E-state index is 0.281. The number of hydrogen-bond acceptors (Lipinski definition) is 6. The predicted octanol–water partition coefficient (Wildman–Crippen LogP) is 4.54. The molecule has 2 aliphatic heterocycles. The van der Waals surface area contributed by atoms with Crippen LogP contribution in [0.4, 0.5) is 11.4 Å². The maximum atomic E-state index is 13.7. The Labute approximate surface area is 198 Å². The number of hydrogen-bond donors (Lipinski definition) is 0. The smallest absolute Gasteiger partial charge is 0.266 e. The topological polar surface area (TPSA) is 68.3 Å². The second-order valence-electron chi connectivity index (χ2n) is 8.10. The van der Waals surface area contributed by atoms with Crippen molar-refractivity contribution in [3.8, 4) is 11.5 Å². The summed E-state index contributed by atoms with van der Waals surface area (Å²) in [4.78, 5) is 34.5. The maximum absolute atomic E-state index is 13.7. The van der Waals surface area contributed by atoms with E-state index < -0.39 is 18.1 Å². The summed E-state index contributed by atoms with van der Waals surface area (Å²) in [5.74, 6) is 0.101. The van der Waals surface area contributed by atoms with Crippen LogP contribution in [0, 0.1) is 5.92 Å².